The van der Waals surface area contributed by atoms with Gasteiger partial charge in [-0.3, -0.25) is 9.80 Å². The molecular formula is C23H20N6O2. The van der Waals surface area contributed by atoms with Crippen LogP contribution in [0.25, 0.3) is 11.4 Å². The third kappa shape index (κ3) is 3.48. The largest absolute Gasteiger partial charge is 0.491 e. The van der Waals surface area contributed by atoms with Gasteiger partial charge in [0.25, 0.3) is 0 Å². The molecule has 2 aromatic heterocycles. The van der Waals surface area contributed by atoms with Crippen LogP contribution in [0.5, 0.6) is 5.75 Å². The minimum atomic E-state index is -0.306. The van der Waals surface area contributed by atoms with Gasteiger partial charge in [0.1, 0.15) is 11.7 Å². The van der Waals surface area contributed by atoms with Gasteiger partial charge in [-0.15, -0.1) is 0 Å². The van der Waals surface area contributed by atoms with Crippen molar-refractivity contribution in [3.63, 3.8) is 0 Å². The lowest BCUT2D eigenvalue weighted by atomic mass is 10.1. The van der Waals surface area contributed by atoms with E-state index in [4.69, 9.17) is 4.74 Å². The minimum Gasteiger partial charge on any atom is -0.491 e. The highest BCUT2D eigenvalue weighted by Crippen LogP contribution is 2.31. The van der Waals surface area contributed by atoms with E-state index in [1.807, 2.05) is 78.1 Å². The first-order valence-electron chi connectivity index (χ1n) is 9.89. The number of rotatable bonds is 5. The Morgan fingerprint density at radius 3 is 2.35 bits per heavy atom. The summed E-state index contributed by atoms with van der Waals surface area (Å²) in [6, 6.07) is 19.1. The molecule has 1 unspecified atom stereocenters. The summed E-state index contributed by atoms with van der Waals surface area (Å²) in [5.41, 5.74) is 2.79. The second-order valence-electron chi connectivity index (χ2n) is 7.05. The first-order valence-corrected chi connectivity index (χ1v) is 9.89. The van der Waals surface area contributed by atoms with Crippen molar-refractivity contribution < 1.29 is 4.74 Å². The van der Waals surface area contributed by atoms with Crippen LogP contribution in [0.3, 0.4) is 0 Å². The van der Waals surface area contributed by atoms with E-state index in [0.717, 1.165) is 17.1 Å². The lowest BCUT2D eigenvalue weighted by molar-refractivity contribution is 0.402. The highest BCUT2D eigenvalue weighted by atomic mass is 16.5. The standard InChI is InChI=1S/C23H20N6O2/c1-31-21-16-28(18-10-8-17(9-11-18)27-15-5-13-24-27)26-22(23(21)30)20-12-14-25-29(20)19-6-3-2-4-7-19/h2-11,13-16,20H,12H2,1H3. The topological polar surface area (TPSA) is 77.5 Å². The molecule has 8 heteroatoms. The van der Waals surface area contributed by atoms with Crippen molar-refractivity contribution in [1.82, 2.24) is 19.6 Å². The number of hydrogen-bond donors (Lipinski definition) is 0. The second kappa shape index (κ2) is 7.91. The number of para-hydroxylation sites is 1. The highest BCUT2D eigenvalue weighted by molar-refractivity contribution is 5.67. The molecule has 0 spiro atoms. The third-order valence-electron chi connectivity index (χ3n) is 5.18. The number of hydrogen-bond acceptors (Lipinski definition) is 6. The quantitative estimate of drug-likeness (QED) is 0.502. The molecule has 1 aliphatic heterocycles. The van der Waals surface area contributed by atoms with Crippen molar-refractivity contribution in [1.29, 1.82) is 0 Å². The van der Waals surface area contributed by atoms with Crippen molar-refractivity contribution in [2.24, 2.45) is 5.10 Å². The Morgan fingerprint density at radius 1 is 0.935 bits per heavy atom. The highest BCUT2D eigenvalue weighted by Gasteiger charge is 2.29. The van der Waals surface area contributed by atoms with Gasteiger partial charge in [-0.05, 0) is 42.5 Å². The Hall–Kier alpha value is -4.20. The Morgan fingerprint density at radius 2 is 1.68 bits per heavy atom. The minimum absolute atomic E-state index is 0.233. The van der Waals surface area contributed by atoms with E-state index < -0.39 is 0 Å². The molecule has 154 valence electrons. The number of ether oxygens (including phenoxy) is 1. The summed E-state index contributed by atoms with van der Waals surface area (Å²) >= 11 is 0. The maximum absolute atomic E-state index is 13.1. The van der Waals surface area contributed by atoms with E-state index in [-0.39, 0.29) is 17.2 Å². The number of aromatic nitrogens is 4. The Bertz CT molecular complexity index is 1260. The molecule has 1 atom stereocenters. The van der Waals surface area contributed by atoms with Gasteiger partial charge in [-0.1, -0.05) is 18.2 Å². The molecule has 0 fully saturated rings. The number of benzene rings is 2. The number of anilines is 1. The molecular weight excluding hydrogens is 392 g/mol. The molecule has 0 N–H and O–H groups in total. The van der Waals surface area contributed by atoms with Gasteiger partial charge in [0.15, 0.2) is 5.75 Å². The average molecular weight is 412 g/mol. The summed E-state index contributed by atoms with van der Waals surface area (Å²) in [7, 11) is 1.49. The van der Waals surface area contributed by atoms with E-state index in [9.17, 15) is 4.79 Å². The van der Waals surface area contributed by atoms with Crippen LogP contribution in [0, 0.1) is 0 Å². The van der Waals surface area contributed by atoms with E-state index in [0.29, 0.717) is 12.1 Å². The van der Waals surface area contributed by atoms with Crippen LogP contribution >= 0.6 is 0 Å². The van der Waals surface area contributed by atoms with Gasteiger partial charge >= 0.3 is 0 Å². The second-order valence-corrected chi connectivity index (χ2v) is 7.05. The summed E-state index contributed by atoms with van der Waals surface area (Å²) < 4.78 is 8.83. The van der Waals surface area contributed by atoms with Gasteiger partial charge in [0, 0.05) is 25.0 Å². The molecule has 0 aliphatic carbocycles. The Balaban J connectivity index is 1.55. The molecule has 4 aromatic rings. The van der Waals surface area contributed by atoms with Crippen LogP contribution in [-0.2, 0) is 0 Å². The molecule has 31 heavy (non-hydrogen) atoms. The Kier molecular flexibility index (Phi) is 4.80. The maximum Gasteiger partial charge on any atom is 0.247 e. The molecule has 2 aromatic carbocycles. The lowest BCUT2D eigenvalue weighted by Gasteiger charge is -2.23. The molecule has 0 saturated heterocycles. The zero-order valence-corrected chi connectivity index (χ0v) is 16.9. The number of hydrazone groups is 1. The van der Waals surface area contributed by atoms with E-state index in [1.165, 1.54) is 7.11 Å². The van der Waals surface area contributed by atoms with E-state index >= 15 is 0 Å². The van der Waals surface area contributed by atoms with Crippen LogP contribution in [-0.4, -0.2) is 32.9 Å². The molecule has 0 radical (unpaired) electrons. The normalized spacial score (nSPS) is 15.4. The molecule has 8 nitrogen and oxygen atoms in total. The summed E-state index contributed by atoms with van der Waals surface area (Å²) in [5.74, 6) is 0.237. The maximum atomic E-state index is 13.1. The SMILES string of the molecule is COc1cn(-c2ccc(-n3cccn3)cc2)nc(C2CC=NN2c2ccccc2)c1=O. The monoisotopic (exact) mass is 412 g/mol. The average Bonchev–Trinajstić information content (AvgIpc) is 3.53. The van der Waals surface area contributed by atoms with Gasteiger partial charge in [0.2, 0.25) is 5.43 Å². The van der Waals surface area contributed by atoms with Crippen LogP contribution in [0.2, 0.25) is 0 Å². The molecule has 1 aliphatic rings. The fourth-order valence-corrected chi connectivity index (χ4v) is 3.63. The van der Waals surface area contributed by atoms with E-state index in [1.54, 1.807) is 21.8 Å². The molecule has 0 bridgehead atoms. The molecule has 3 heterocycles. The summed E-state index contributed by atoms with van der Waals surface area (Å²) in [6.07, 6.45) is 7.62. The molecule has 0 amide bonds. The van der Waals surface area contributed by atoms with Crippen molar-refractivity contribution in [3.8, 4) is 17.1 Å². The molecule has 5 rings (SSSR count). The predicted octanol–water partition coefficient (Wildman–Crippen LogP) is 3.36. The zero-order chi connectivity index (χ0) is 21.2. The zero-order valence-electron chi connectivity index (χ0n) is 16.9. The summed E-state index contributed by atoms with van der Waals surface area (Å²) in [5, 5.41) is 15.2. The first-order chi connectivity index (χ1) is 15.2. The van der Waals surface area contributed by atoms with E-state index in [2.05, 4.69) is 15.3 Å². The predicted molar refractivity (Wildman–Crippen MR) is 118 cm³/mol. The summed E-state index contributed by atoms with van der Waals surface area (Å²) in [4.78, 5) is 13.1. The van der Waals surface area contributed by atoms with Gasteiger partial charge in [-0.2, -0.15) is 15.3 Å². The van der Waals surface area contributed by atoms with Gasteiger partial charge in [-0.25, -0.2) is 9.36 Å². The van der Waals surface area contributed by atoms with Crippen LogP contribution < -0.4 is 15.2 Å². The van der Waals surface area contributed by atoms with Crippen LogP contribution in [0.1, 0.15) is 18.2 Å². The summed E-state index contributed by atoms with van der Waals surface area (Å²) in [6.45, 7) is 0. The van der Waals surface area contributed by atoms with Gasteiger partial charge < -0.3 is 4.74 Å². The smallest absolute Gasteiger partial charge is 0.247 e. The lowest BCUT2D eigenvalue weighted by Crippen LogP contribution is -2.28. The van der Waals surface area contributed by atoms with Crippen molar-refractivity contribution >= 4 is 11.9 Å². The fourth-order valence-electron chi connectivity index (χ4n) is 3.63. The van der Waals surface area contributed by atoms with Crippen molar-refractivity contribution in [2.45, 2.75) is 12.5 Å². The fraction of sp³-hybridized carbons (Fsp3) is 0.130. The van der Waals surface area contributed by atoms with Crippen LogP contribution in [0.4, 0.5) is 5.69 Å². The van der Waals surface area contributed by atoms with Crippen molar-refractivity contribution in [2.75, 3.05) is 12.1 Å². The van der Waals surface area contributed by atoms with Gasteiger partial charge in [0.05, 0.1) is 30.4 Å². The molecule has 0 saturated carbocycles. The number of nitrogens with zero attached hydrogens (tertiary/aromatic N) is 6. The Labute approximate surface area is 178 Å². The third-order valence-corrected chi connectivity index (χ3v) is 5.18. The first kappa shape index (κ1) is 18.8. The number of methoxy groups -OCH3 is 1. The van der Waals surface area contributed by atoms with Crippen molar-refractivity contribution in [3.05, 3.63) is 95.2 Å². The van der Waals surface area contributed by atoms with Crippen LogP contribution in [0.15, 0.2) is 89.2 Å².